The second kappa shape index (κ2) is 6.74. The largest absolute Gasteiger partial charge is 0.355 e. The van der Waals surface area contributed by atoms with Gasteiger partial charge in [0.15, 0.2) is 0 Å². The van der Waals surface area contributed by atoms with Crippen molar-refractivity contribution in [1.29, 1.82) is 0 Å². The highest BCUT2D eigenvalue weighted by Gasteiger charge is 2.22. The van der Waals surface area contributed by atoms with Gasteiger partial charge in [-0.3, -0.25) is 4.79 Å². The van der Waals surface area contributed by atoms with Gasteiger partial charge in [-0.2, -0.15) is 0 Å². The Kier molecular flexibility index (Phi) is 4.68. The first kappa shape index (κ1) is 16.7. The van der Waals surface area contributed by atoms with Crippen LogP contribution in [0.3, 0.4) is 0 Å². The molecule has 24 heavy (non-hydrogen) atoms. The summed E-state index contributed by atoms with van der Waals surface area (Å²) in [4.78, 5) is 15.9. The molecule has 0 aliphatic carbocycles. The van der Waals surface area contributed by atoms with Gasteiger partial charge in [-0.15, -0.1) is 0 Å². The molecule has 3 rings (SSSR count). The Morgan fingerprint density at radius 1 is 1.33 bits per heavy atom. The number of nitrogens with zero attached hydrogens (tertiary/aromatic N) is 2. The highest BCUT2D eigenvalue weighted by molar-refractivity contribution is 7.89. The normalized spacial score (nSPS) is 17.3. The van der Waals surface area contributed by atoms with Gasteiger partial charge in [-0.25, -0.2) is 18.1 Å². The van der Waals surface area contributed by atoms with Crippen molar-refractivity contribution in [3.05, 3.63) is 48.0 Å². The molecular formula is C16H20N4O3S. The number of aryl methyl sites for hydroxylation is 1. The summed E-state index contributed by atoms with van der Waals surface area (Å²) in [6.45, 7) is 1.16. The number of benzene rings is 1. The third kappa shape index (κ3) is 3.49. The quantitative estimate of drug-likeness (QED) is 0.835. The van der Waals surface area contributed by atoms with E-state index in [4.69, 9.17) is 0 Å². The Hall–Kier alpha value is -2.19. The number of carbonyl (C=O) groups is 1. The van der Waals surface area contributed by atoms with Crippen molar-refractivity contribution in [2.75, 3.05) is 13.6 Å². The minimum absolute atomic E-state index is 0.161. The summed E-state index contributed by atoms with van der Waals surface area (Å²) in [7, 11) is -2.05. The van der Waals surface area contributed by atoms with Crippen LogP contribution in [0.1, 0.15) is 22.6 Å². The van der Waals surface area contributed by atoms with Gasteiger partial charge in [-0.1, -0.05) is 0 Å². The summed E-state index contributed by atoms with van der Waals surface area (Å²) in [5, 5.41) is 2.50. The smallest absolute Gasteiger partial charge is 0.251 e. The van der Waals surface area contributed by atoms with E-state index in [1.807, 2.05) is 6.20 Å². The average molecular weight is 348 g/mol. The fraction of sp³-hybridized carbons (Fsp3) is 0.375. The van der Waals surface area contributed by atoms with E-state index < -0.39 is 10.0 Å². The fourth-order valence-electron chi connectivity index (χ4n) is 2.84. The lowest BCUT2D eigenvalue weighted by Gasteiger charge is -2.23. The van der Waals surface area contributed by atoms with Gasteiger partial charge in [0.2, 0.25) is 10.0 Å². The molecule has 1 aromatic heterocycles. The van der Waals surface area contributed by atoms with E-state index in [2.05, 4.69) is 19.6 Å². The SMILES string of the molecule is CNC(=O)c1ccc(S(=O)(=O)NC[C@@H]2CCc3nccn3C2)cc1. The van der Waals surface area contributed by atoms with Crippen LogP contribution in [0.5, 0.6) is 0 Å². The summed E-state index contributed by atoms with van der Waals surface area (Å²) in [5.41, 5.74) is 0.427. The molecule has 0 radical (unpaired) electrons. The molecule has 128 valence electrons. The van der Waals surface area contributed by atoms with Crippen molar-refractivity contribution in [2.45, 2.75) is 24.3 Å². The molecule has 7 nitrogen and oxygen atoms in total. The maximum Gasteiger partial charge on any atom is 0.251 e. The van der Waals surface area contributed by atoms with Crippen LogP contribution in [0.25, 0.3) is 0 Å². The molecule has 0 bridgehead atoms. The molecule has 1 amide bonds. The second-order valence-electron chi connectivity index (χ2n) is 5.86. The van der Waals surface area contributed by atoms with Gasteiger partial charge < -0.3 is 9.88 Å². The Bertz CT molecular complexity index is 827. The first-order valence-electron chi connectivity index (χ1n) is 7.81. The highest BCUT2D eigenvalue weighted by Crippen LogP contribution is 2.19. The molecule has 1 aromatic carbocycles. The molecule has 0 saturated carbocycles. The van der Waals surface area contributed by atoms with Crippen molar-refractivity contribution < 1.29 is 13.2 Å². The van der Waals surface area contributed by atoms with Gasteiger partial charge in [0.1, 0.15) is 5.82 Å². The van der Waals surface area contributed by atoms with Gasteiger partial charge in [0, 0.05) is 44.5 Å². The minimum Gasteiger partial charge on any atom is -0.355 e. The molecule has 8 heteroatoms. The Balaban J connectivity index is 1.63. The van der Waals surface area contributed by atoms with E-state index in [-0.39, 0.29) is 16.7 Å². The zero-order chi connectivity index (χ0) is 17.2. The lowest BCUT2D eigenvalue weighted by atomic mass is 10.00. The van der Waals surface area contributed by atoms with Crippen LogP contribution in [-0.4, -0.2) is 37.5 Å². The lowest BCUT2D eigenvalue weighted by Crippen LogP contribution is -2.33. The van der Waals surface area contributed by atoms with Crippen molar-refractivity contribution >= 4 is 15.9 Å². The summed E-state index contributed by atoms with van der Waals surface area (Å²) in [6, 6.07) is 5.90. The fourth-order valence-corrected chi connectivity index (χ4v) is 3.96. The van der Waals surface area contributed by atoms with Crippen molar-refractivity contribution in [1.82, 2.24) is 19.6 Å². The van der Waals surface area contributed by atoms with E-state index in [1.54, 1.807) is 6.20 Å². The number of carbonyl (C=O) groups excluding carboxylic acids is 1. The molecule has 1 aliphatic heterocycles. The maximum atomic E-state index is 12.4. The summed E-state index contributed by atoms with van der Waals surface area (Å²) in [5.74, 6) is 1.05. The monoisotopic (exact) mass is 348 g/mol. The van der Waals surface area contributed by atoms with Crippen LogP contribution in [0.15, 0.2) is 41.6 Å². The summed E-state index contributed by atoms with van der Waals surface area (Å²) >= 11 is 0. The first-order chi connectivity index (χ1) is 11.5. The van der Waals surface area contributed by atoms with Gasteiger partial charge in [0.25, 0.3) is 5.91 Å². The van der Waals surface area contributed by atoms with Crippen molar-refractivity contribution in [3.63, 3.8) is 0 Å². The van der Waals surface area contributed by atoms with Gasteiger partial charge in [-0.05, 0) is 36.6 Å². The Labute approximate surface area is 141 Å². The van der Waals surface area contributed by atoms with E-state index >= 15 is 0 Å². The molecule has 2 aromatic rings. The molecule has 1 atom stereocenters. The van der Waals surface area contributed by atoms with Gasteiger partial charge >= 0.3 is 0 Å². The molecule has 2 heterocycles. The van der Waals surface area contributed by atoms with Gasteiger partial charge in [0.05, 0.1) is 4.90 Å². The standard InChI is InChI=1S/C16H20N4O3S/c1-17-16(21)13-3-5-14(6-4-13)24(22,23)19-10-12-2-7-15-18-8-9-20(15)11-12/h3-6,8-9,12,19H,2,7,10-11H2,1H3,(H,17,21)/t12-/m0/s1. The number of rotatable bonds is 5. The molecule has 1 aliphatic rings. The lowest BCUT2D eigenvalue weighted by molar-refractivity contribution is 0.0963. The highest BCUT2D eigenvalue weighted by atomic mass is 32.2. The molecule has 0 fully saturated rings. The Morgan fingerprint density at radius 3 is 2.79 bits per heavy atom. The third-order valence-electron chi connectivity index (χ3n) is 4.25. The number of aromatic nitrogens is 2. The van der Waals surface area contributed by atoms with E-state index in [1.165, 1.54) is 31.3 Å². The molecule has 2 N–H and O–H groups in total. The van der Waals surface area contributed by atoms with Crippen LogP contribution in [0.2, 0.25) is 0 Å². The summed E-state index contributed by atoms with van der Waals surface area (Å²) in [6.07, 6.45) is 5.47. The number of hydrogen-bond donors (Lipinski definition) is 2. The average Bonchev–Trinajstić information content (AvgIpc) is 3.07. The number of fused-ring (bicyclic) bond motifs is 1. The first-order valence-corrected chi connectivity index (χ1v) is 9.30. The minimum atomic E-state index is -3.58. The molecule has 0 spiro atoms. The van der Waals surface area contributed by atoms with Crippen LogP contribution in [-0.2, 0) is 23.0 Å². The number of sulfonamides is 1. The van der Waals surface area contributed by atoms with Crippen molar-refractivity contribution in [3.8, 4) is 0 Å². The molecular weight excluding hydrogens is 328 g/mol. The summed E-state index contributed by atoms with van der Waals surface area (Å²) < 4.78 is 29.5. The predicted octanol–water partition coefficient (Wildman–Crippen LogP) is 0.784. The zero-order valence-electron chi connectivity index (χ0n) is 13.4. The second-order valence-corrected chi connectivity index (χ2v) is 7.62. The number of amides is 1. The number of hydrogen-bond acceptors (Lipinski definition) is 4. The van der Waals surface area contributed by atoms with E-state index in [0.717, 1.165) is 25.2 Å². The van der Waals surface area contributed by atoms with Crippen LogP contribution < -0.4 is 10.0 Å². The number of imidazole rings is 1. The maximum absolute atomic E-state index is 12.4. The van der Waals surface area contributed by atoms with Crippen molar-refractivity contribution in [2.24, 2.45) is 5.92 Å². The Morgan fingerprint density at radius 2 is 2.08 bits per heavy atom. The van der Waals surface area contributed by atoms with Crippen LogP contribution >= 0.6 is 0 Å². The zero-order valence-corrected chi connectivity index (χ0v) is 14.2. The van der Waals surface area contributed by atoms with E-state index in [0.29, 0.717) is 12.1 Å². The predicted molar refractivity (Wildman–Crippen MR) is 89.1 cm³/mol. The third-order valence-corrected chi connectivity index (χ3v) is 5.69. The van der Waals surface area contributed by atoms with Crippen LogP contribution in [0, 0.1) is 5.92 Å². The number of nitrogens with one attached hydrogen (secondary N) is 2. The topological polar surface area (TPSA) is 93.1 Å². The molecule has 0 unspecified atom stereocenters. The van der Waals surface area contributed by atoms with Crippen LogP contribution in [0.4, 0.5) is 0 Å². The molecule has 0 saturated heterocycles. The van der Waals surface area contributed by atoms with E-state index in [9.17, 15) is 13.2 Å².